The largest absolute Gasteiger partial charge is 0.350 e. The van der Waals surface area contributed by atoms with E-state index in [0.29, 0.717) is 18.0 Å². The monoisotopic (exact) mass is 310 g/mol. The third-order valence-electron chi connectivity index (χ3n) is 3.79. The standard InChI is InChI=1S/C15H22N2O3S/c1-10(2)21(19,20)13-7-5-12(6-8-13)15(18)17-9-14(16)11-3-4-11/h5-8,10-11,14H,3-4,9,16H2,1-2H3,(H,17,18). The molecule has 0 spiro atoms. The van der Waals surface area contributed by atoms with Crippen molar-refractivity contribution >= 4 is 15.7 Å². The van der Waals surface area contributed by atoms with E-state index in [1.807, 2.05) is 0 Å². The molecule has 1 aliphatic rings. The molecule has 1 unspecified atom stereocenters. The Bertz CT molecular complexity index is 604. The lowest BCUT2D eigenvalue weighted by molar-refractivity contribution is 0.0950. The first-order valence-electron chi connectivity index (χ1n) is 7.20. The number of nitrogens with two attached hydrogens (primary N) is 1. The zero-order valence-electron chi connectivity index (χ0n) is 12.4. The topological polar surface area (TPSA) is 89.3 Å². The van der Waals surface area contributed by atoms with E-state index in [9.17, 15) is 13.2 Å². The maximum absolute atomic E-state index is 12.0. The highest BCUT2D eigenvalue weighted by Gasteiger charge is 2.28. The normalized spacial score (nSPS) is 16.8. The number of nitrogens with one attached hydrogen (secondary N) is 1. The van der Waals surface area contributed by atoms with Gasteiger partial charge in [0.1, 0.15) is 0 Å². The average Bonchev–Trinajstić information content (AvgIpc) is 3.29. The summed E-state index contributed by atoms with van der Waals surface area (Å²) in [4.78, 5) is 12.2. The van der Waals surface area contributed by atoms with Crippen molar-refractivity contribution in [3.05, 3.63) is 29.8 Å². The quantitative estimate of drug-likeness (QED) is 0.829. The molecule has 1 aliphatic carbocycles. The van der Waals surface area contributed by atoms with Gasteiger partial charge in [-0.3, -0.25) is 4.79 Å². The minimum atomic E-state index is -3.30. The Hall–Kier alpha value is -1.40. The molecule has 1 aromatic rings. The lowest BCUT2D eigenvalue weighted by atomic mass is 10.2. The molecule has 21 heavy (non-hydrogen) atoms. The summed E-state index contributed by atoms with van der Waals surface area (Å²) < 4.78 is 24.0. The van der Waals surface area contributed by atoms with Crippen LogP contribution in [0.5, 0.6) is 0 Å². The zero-order chi connectivity index (χ0) is 15.6. The maximum Gasteiger partial charge on any atom is 0.251 e. The van der Waals surface area contributed by atoms with E-state index < -0.39 is 15.1 Å². The van der Waals surface area contributed by atoms with Crippen LogP contribution in [-0.2, 0) is 9.84 Å². The first-order chi connectivity index (χ1) is 9.82. The molecule has 0 radical (unpaired) electrons. The van der Waals surface area contributed by atoms with Crippen molar-refractivity contribution in [3.63, 3.8) is 0 Å². The molecule has 3 N–H and O–H groups in total. The molecular formula is C15H22N2O3S. The Morgan fingerprint density at radius 1 is 1.29 bits per heavy atom. The summed E-state index contributed by atoms with van der Waals surface area (Å²) in [5, 5.41) is 2.31. The first-order valence-corrected chi connectivity index (χ1v) is 8.74. The molecule has 1 atom stereocenters. The molecule has 0 aromatic heterocycles. The fourth-order valence-electron chi connectivity index (χ4n) is 2.07. The molecule has 0 heterocycles. The van der Waals surface area contributed by atoms with E-state index in [2.05, 4.69) is 5.32 Å². The van der Waals surface area contributed by atoms with Crippen molar-refractivity contribution < 1.29 is 13.2 Å². The molecule has 1 amide bonds. The summed E-state index contributed by atoms with van der Waals surface area (Å²) in [6.45, 7) is 3.72. The molecule has 1 fully saturated rings. The summed E-state index contributed by atoms with van der Waals surface area (Å²) in [5.74, 6) is 0.309. The number of rotatable bonds is 6. The number of amides is 1. The van der Waals surface area contributed by atoms with Crippen LogP contribution >= 0.6 is 0 Å². The van der Waals surface area contributed by atoms with E-state index in [-0.39, 0.29) is 16.8 Å². The van der Waals surface area contributed by atoms with Gasteiger partial charge in [0.15, 0.2) is 9.84 Å². The summed E-state index contributed by atoms with van der Waals surface area (Å²) in [6, 6.07) is 6.03. The zero-order valence-corrected chi connectivity index (χ0v) is 13.2. The SMILES string of the molecule is CC(C)S(=O)(=O)c1ccc(C(=O)NCC(N)C2CC2)cc1. The summed E-state index contributed by atoms with van der Waals surface area (Å²) in [6.07, 6.45) is 2.28. The number of sulfone groups is 1. The van der Waals surface area contributed by atoms with Gasteiger partial charge in [0.05, 0.1) is 10.1 Å². The third-order valence-corrected chi connectivity index (χ3v) is 5.96. The third kappa shape index (κ3) is 3.83. The Morgan fingerprint density at radius 2 is 1.86 bits per heavy atom. The molecule has 0 aliphatic heterocycles. The van der Waals surface area contributed by atoms with Crippen molar-refractivity contribution in [2.45, 2.75) is 42.9 Å². The van der Waals surface area contributed by atoms with Gasteiger partial charge >= 0.3 is 0 Å². The lowest BCUT2D eigenvalue weighted by Crippen LogP contribution is -2.38. The predicted octanol–water partition coefficient (Wildman–Crippen LogP) is 1.34. The molecular weight excluding hydrogens is 288 g/mol. The van der Waals surface area contributed by atoms with Gasteiger partial charge in [-0.2, -0.15) is 0 Å². The minimum absolute atomic E-state index is 0.00884. The predicted molar refractivity (Wildman–Crippen MR) is 81.8 cm³/mol. The fourth-order valence-corrected chi connectivity index (χ4v) is 3.13. The number of hydrogen-bond donors (Lipinski definition) is 2. The number of carbonyl (C=O) groups is 1. The molecule has 0 saturated heterocycles. The van der Waals surface area contributed by atoms with E-state index in [4.69, 9.17) is 5.73 Å². The highest BCUT2D eigenvalue weighted by atomic mass is 32.2. The van der Waals surface area contributed by atoms with Gasteiger partial charge in [-0.1, -0.05) is 0 Å². The van der Waals surface area contributed by atoms with Crippen LogP contribution in [0.2, 0.25) is 0 Å². The van der Waals surface area contributed by atoms with Crippen LogP contribution in [0.15, 0.2) is 29.2 Å². The maximum atomic E-state index is 12.0. The van der Waals surface area contributed by atoms with E-state index >= 15 is 0 Å². The average molecular weight is 310 g/mol. The Balaban J connectivity index is 1.99. The second kappa shape index (κ2) is 6.15. The number of benzene rings is 1. The minimum Gasteiger partial charge on any atom is -0.350 e. The highest BCUT2D eigenvalue weighted by molar-refractivity contribution is 7.92. The molecule has 1 aromatic carbocycles. The van der Waals surface area contributed by atoms with Gasteiger partial charge in [-0.05, 0) is 56.9 Å². The van der Waals surface area contributed by atoms with Gasteiger partial charge in [0.25, 0.3) is 5.91 Å². The Morgan fingerprint density at radius 3 is 2.33 bits per heavy atom. The fraction of sp³-hybridized carbons (Fsp3) is 0.533. The van der Waals surface area contributed by atoms with E-state index in [1.165, 1.54) is 24.3 Å². The van der Waals surface area contributed by atoms with Crippen LogP contribution in [0.3, 0.4) is 0 Å². The molecule has 1 saturated carbocycles. The second-order valence-corrected chi connectivity index (χ2v) is 8.33. The van der Waals surface area contributed by atoms with Crippen molar-refractivity contribution in [1.29, 1.82) is 0 Å². The summed E-state index contributed by atoms with van der Waals surface area (Å²) in [5.41, 5.74) is 6.37. The molecule has 116 valence electrons. The molecule has 2 rings (SSSR count). The molecule has 0 bridgehead atoms. The molecule has 5 nitrogen and oxygen atoms in total. The van der Waals surface area contributed by atoms with Crippen LogP contribution in [0.1, 0.15) is 37.0 Å². The van der Waals surface area contributed by atoms with Crippen LogP contribution in [0, 0.1) is 5.92 Å². The van der Waals surface area contributed by atoms with Crippen LogP contribution in [-0.4, -0.2) is 32.2 Å². The molecule has 6 heteroatoms. The van der Waals surface area contributed by atoms with E-state index in [0.717, 1.165) is 12.8 Å². The van der Waals surface area contributed by atoms with Gasteiger partial charge < -0.3 is 11.1 Å². The first kappa shape index (κ1) is 16.0. The van der Waals surface area contributed by atoms with Gasteiger partial charge in [0, 0.05) is 18.2 Å². The lowest BCUT2D eigenvalue weighted by Gasteiger charge is -2.12. The Labute approximate surface area is 125 Å². The van der Waals surface area contributed by atoms with Crippen LogP contribution in [0.4, 0.5) is 0 Å². The van der Waals surface area contributed by atoms with Crippen LogP contribution < -0.4 is 11.1 Å². The number of carbonyl (C=O) groups excluding carboxylic acids is 1. The number of hydrogen-bond acceptors (Lipinski definition) is 4. The van der Waals surface area contributed by atoms with Crippen molar-refractivity contribution in [2.24, 2.45) is 11.7 Å². The van der Waals surface area contributed by atoms with Crippen molar-refractivity contribution in [1.82, 2.24) is 5.32 Å². The van der Waals surface area contributed by atoms with E-state index in [1.54, 1.807) is 13.8 Å². The second-order valence-electron chi connectivity index (χ2n) is 5.83. The smallest absolute Gasteiger partial charge is 0.251 e. The van der Waals surface area contributed by atoms with Crippen molar-refractivity contribution in [3.8, 4) is 0 Å². The van der Waals surface area contributed by atoms with Gasteiger partial charge in [-0.25, -0.2) is 8.42 Å². The highest BCUT2D eigenvalue weighted by Crippen LogP contribution is 2.31. The van der Waals surface area contributed by atoms with Crippen molar-refractivity contribution in [2.75, 3.05) is 6.54 Å². The summed E-state index contributed by atoms with van der Waals surface area (Å²) >= 11 is 0. The Kier molecular flexibility index (Phi) is 4.68. The van der Waals surface area contributed by atoms with Gasteiger partial charge in [-0.15, -0.1) is 0 Å². The van der Waals surface area contributed by atoms with Crippen LogP contribution in [0.25, 0.3) is 0 Å². The van der Waals surface area contributed by atoms with Gasteiger partial charge in [0.2, 0.25) is 0 Å². The summed E-state index contributed by atoms with van der Waals surface area (Å²) in [7, 11) is -3.30.